The van der Waals surface area contributed by atoms with E-state index in [1.165, 1.54) is 12.1 Å². The Kier molecular flexibility index (Phi) is 3.47. The molecule has 18 heavy (non-hydrogen) atoms. The van der Waals surface area contributed by atoms with E-state index >= 15 is 0 Å². The molecule has 0 aliphatic rings. The van der Waals surface area contributed by atoms with Gasteiger partial charge in [-0.1, -0.05) is 17.7 Å². The molecule has 0 spiro atoms. The van der Waals surface area contributed by atoms with Crippen LogP contribution in [-0.4, -0.2) is 14.7 Å². The van der Waals surface area contributed by atoms with Crippen molar-refractivity contribution < 1.29 is 4.92 Å². The van der Waals surface area contributed by atoms with Crippen molar-refractivity contribution in [3.05, 3.63) is 51.3 Å². The van der Waals surface area contributed by atoms with Gasteiger partial charge in [0.25, 0.3) is 5.69 Å². The van der Waals surface area contributed by atoms with E-state index in [1.54, 1.807) is 16.9 Å². The maximum Gasteiger partial charge on any atom is 0.288 e. The van der Waals surface area contributed by atoms with Gasteiger partial charge >= 0.3 is 0 Å². The first-order chi connectivity index (χ1) is 8.56. The van der Waals surface area contributed by atoms with Crippen LogP contribution in [0.2, 0.25) is 5.02 Å². The van der Waals surface area contributed by atoms with Gasteiger partial charge in [0.15, 0.2) is 0 Å². The Labute approximate surface area is 108 Å². The fraction of sp³-hybridized carbons (Fsp3) is 0.182. The van der Waals surface area contributed by atoms with E-state index in [2.05, 4.69) is 10.4 Å². The summed E-state index contributed by atoms with van der Waals surface area (Å²) in [7, 11) is 1.82. The van der Waals surface area contributed by atoms with Gasteiger partial charge in [-0.15, -0.1) is 0 Å². The highest BCUT2D eigenvalue weighted by Gasteiger charge is 2.12. The van der Waals surface area contributed by atoms with Crippen molar-refractivity contribution in [2.45, 2.75) is 6.54 Å². The number of nitrogens with one attached hydrogen (secondary N) is 1. The fourth-order valence-corrected chi connectivity index (χ4v) is 1.71. The first-order valence-electron chi connectivity index (χ1n) is 5.21. The van der Waals surface area contributed by atoms with Crippen LogP contribution in [0.5, 0.6) is 0 Å². The van der Waals surface area contributed by atoms with E-state index in [0.29, 0.717) is 6.54 Å². The molecule has 0 fully saturated rings. The summed E-state index contributed by atoms with van der Waals surface area (Å²) in [4.78, 5) is 10.2. The van der Waals surface area contributed by atoms with E-state index in [9.17, 15) is 10.1 Å². The smallest absolute Gasteiger partial charge is 0.288 e. The Balaban J connectivity index is 2.10. The summed E-state index contributed by atoms with van der Waals surface area (Å²) in [6, 6.07) is 4.74. The van der Waals surface area contributed by atoms with Crippen molar-refractivity contribution in [2.75, 3.05) is 5.32 Å². The predicted molar refractivity (Wildman–Crippen MR) is 68.6 cm³/mol. The molecule has 0 aliphatic carbocycles. The van der Waals surface area contributed by atoms with E-state index in [4.69, 9.17) is 11.6 Å². The normalized spacial score (nSPS) is 10.3. The summed E-state index contributed by atoms with van der Waals surface area (Å²) in [5.41, 5.74) is 1.56. The standard InChI is InChI=1S/C11H11ClN4O2/c1-15-7-9(6-14-15)13-5-8-2-3-10(12)11(4-8)16(17)18/h2-4,6-7,13H,5H2,1H3. The fourth-order valence-electron chi connectivity index (χ4n) is 1.52. The first-order valence-corrected chi connectivity index (χ1v) is 5.59. The first kappa shape index (κ1) is 12.4. The average Bonchev–Trinajstić information content (AvgIpc) is 2.74. The van der Waals surface area contributed by atoms with Crippen LogP contribution in [0.1, 0.15) is 5.56 Å². The molecular formula is C11H11ClN4O2. The second-order valence-electron chi connectivity index (χ2n) is 3.80. The number of nitro benzene ring substituents is 1. The minimum absolute atomic E-state index is 0.0813. The number of nitro groups is 1. The van der Waals surface area contributed by atoms with Crippen molar-refractivity contribution >= 4 is 23.0 Å². The van der Waals surface area contributed by atoms with Crippen molar-refractivity contribution in [3.8, 4) is 0 Å². The van der Waals surface area contributed by atoms with E-state index in [-0.39, 0.29) is 10.7 Å². The minimum Gasteiger partial charge on any atom is -0.378 e. The number of aryl methyl sites for hydroxylation is 1. The van der Waals surface area contributed by atoms with Crippen molar-refractivity contribution in [3.63, 3.8) is 0 Å². The Morgan fingerprint density at radius 3 is 2.94 bits per heavy atom. The highest BCUT2D eigenvalue weighted by atomic mass is 35.5. The molecular weight excluding hydrogens is 256 g/mol. The van der Waals surface area contributed by atoms with Crippen LogP contribution in [0.15, 0.2) is 30.6 Å². The number of hydrogen-bond donors (Lipinski definition) is 1. The highest BCUT2D eigenvalue weighted by Crippen LogP contribution is 2.25. The zero-order valence-corrected chi connectivity index (χ0v) is 10.4. The number of rotatable bonds is 4. The zero-order valence-electron chi connectivity index (χ0n) is 9.63. The number of aromatic nitrogens is 2. The van der Waals surface area contributed by atoms with E-state index in [0.717, 1.165) is 11.3 Å². The molecule has 2 aromatic rings. The summed E-state index contributed by atoms with van der Waals surface area (Å²) in [6.45, 7) is 0.476. The molecule has 0 amide bonds. The van der Waals surface area contributed by atoms with Crippen LogP contribution in [0.4, 0.5) is 11.4 Å². The van der Waals surface area contributed by atoms with Gasteiger partial charge in [0, 0.05) is 25.9 Å². The number of halogens is 1. The third-order valence-corrected chi connectivity index (χ3v) is 2.73. The van der Waals surface area contributed by atoms with Gasteiger partial charge in [0.05, 0.1) is 16.8 Å². The lowest BCUT2D eigenvalue weighted by Gasteiger charge is -2.04. The van der Waals surface area contributed by atoms with Gasteiger partial charge in [-0.25, -0.2) is 0 Å². The monoisotopic (exact) mass is 266 g/mol. The molecule has 1 aromatic carbocycles. The van der Waals surface area contributed by atoms with Gasteiger partial charge in [0.2, 0.25) is 0 Å². The highest BCUT2D eigenvalue weighted by molar-refractivity contribution is 6.32. The van der Waals surface area contributed by atoms with Crippen LogP contribution in [0.3, 0.4) is 0 Å². The summed E-state index contributed by atoms with van der Waals surface area (Å²) in [5, 5.41) is 18.0. The van der Waals surface area contributed by atoms with Gasteiger partial charge < -0.3 is 5.32 Å². The zero-order chi connectivity index (χ0) is 13.1. The molecule has 94 valence electrons. The quantitative estimate of drug-likeness (QED) is 0.682. The summed E-state index contributed by atoms with van der Waals surface area (Å²) in [5.74, 6) is 0. The summed E-state index contributed by atoms with van der Waals surface area (Å²) in [6.07, 6.45) is 3.51. The SMILES string of the molecule is Cn1cc(NCc2ccc(Cl)c([N+](=O)[O-])c2)cn1. The van der Waals surface area contributed by atoms with Crippen molar-refractivity contribution in [2.24, 2.45) is 7.05 Å². The molecule has 7 heteroatoms. The molecule has 6 nitrogen and oxygen atoms in total. The lowest BCUT2D eigenvalue weighted by Crippen LogP contribution is -1.99. The Hall–Kier alpha value is -2.08. The molecule has 1 N–H and O–H groups in total. The molecule has 0 atom stereocenters. The van der Waals surface area contributed by atoms with Crippen LogP contribution < -0.4 is 5.32 Å². The number of hydrogen-bond acceptors (Lipinski definition) is 4. The predicted octanol–water partition coefficient (Wildman–Crippen LogP) is 2.59. The minimum atomic E-state index is -0.490. The molecule has 0 radical (unpaired) electrons. The molecule has 1 aromatic heterocycles. The van der Waals surface area contributed by atoms with Crippen molar-refractivity contribution in [1.29, 1.82) is 0 Å². The van der Waals surface area contributed by atoms with E-state index < -0.39 is 4.92 Å². The third-order valence-electron chi connectivity index (χ3n) is 2.41. The summed E-state index contributed by atoms with van der Waals surface area (Å²) < 4.78 is 1.67. The number of nitrogens with zero attached hydrogens (tertiary/aromatic N) is 3. The molecule has 0 aliphatic heterocycles. The number of benzene rings is 1. The molecule has 1 heterocycles. The van der Waals surface area contributed by atoms with Crippen LogP contribution in [0.25, 0.3) is 0 Å². The topological polar surface area (TPSA) is 73.0 Å². The Morgan fingerprint density at radius 2 is 2.33 bits per heavy atom. The average molecular weight is 267 g/mol. The van der Waals surface area contributed by atoms with Gasteiger partial charge in [-0.05, 0) is 11.6 Å². The molecule has 0 saturated heterocycles. The maximum atomic E-state index is 10.7. The third kappa shape index (κ3) is 2.78. The van der Waals surface area contributed by atoms with Gasteiger partial charge in [-0.3, -0.25) is 14.8 Å². The second kappa shape index (κ2) is 5.05. The van der Waals surface area contributed by atoms with Gasteiger partial charge in [0.1, 0.15) is 5.02 Å². The Bertz CT molecular complexity index is 582. The van der Waals surface area contributed by atoms with Crippen molar-refractivity contribution in [1.82, 2.24) is 9.78 Å². The van der Waals surface area contributed by atoms with Crippen LogP contribution >= 0.6 is 11.6 Å². The summed E-state index contributed by atoms with van der Waals surface area (Å²) >= 11 is 5.74. The second-order valence-corrected chi connectivity index (χ2v) is 4.21. The molecule has 0 saturated carbocycles. The number of anilines is 1. The van der Waals surface area contributed by atoms with Gasteiger partial charge in [-0.2, -0.15) is 5.10 Å². The van der Waals surface area contributed by atoms with Crippen LogP contribution in [0, 0.1) is 10.1 Å². The molecule has 2 rings (SSSR count). The lowest BCUT2D eigenvalue weighted by atomic mass is 10.2. The lowest BCUT2D eigenvalue weighted by molar-refractivity contribution is -0.384. The molecule has 0 unspecified atom stereocenters. The van der Waals surface area contributed by atoms with E-state index in [1.807, 2.05) is 13.2 Å². The Morgan fingerprint density at radius 1 is 1.56 bits per heavy atom. The van der Waals surface area contributed by atoms with Crippen LogP contribution in [-0.2, 0) is 13.6 Å². The molecule has 0 bridgehead atoms. The maximum absolute atomic E-state index is 10.7. The largest absolute Gasteiger partial charge is 0.378 e.